The Balaban J connectivity index is 2.31. The van der Waals surface area contributed by atoms with Crippen LogP contribution in [0.4, 0.5) is 0 Å². The Morgan fingerprint density at radius 2 is 1.92 bits per heavy atom. The van der Waals surface area contributed by atoms with Gasteiger partial charge in [-0.3, -0.25) is 4.79 Å². The van der Waals surface area contributed by atoms with E-state index in [0.717, 1.165) is 0 Å². The van der Waals surface area contributed by atoms with E-state index in [4.69, 9.17) is 19.3 Å². The van der Waals surface area contributed by atoms with Crippen molar-refractivity contribution < 1.29 is 44.2 Å². The predicted octanol–water partition coefficient (Wildman–Crippen LogP) is -1.28. The summed E-state index contributed by atoms with van der Waals surface area (Å²) in [7, 11) is 1.32. The second-order valence-corrected chi connectivity index (χ2v) is 5.72. The van der Waals surface area contributed by atoms with Gasteiger partial charge < -0.3 is 40.0 Å². The van der Waals surface area contributed by atoms with Gasteiger partial charge >= 0.3 is 5.97 Å². The number of rotatable bonds is 6. The molecule has 0 radical (unpaired) electrons. The summed E-state index contributed by atoms with van der Waals surface area (Å²) >= 11 is 0. The first kappa shape index (κ1) is 19.9. The molecule has 0 spiro atoms. The van der Waals surface area contributed by atoms with Crippen LogP contribution in [-0.4, -0.2) is 76.7 Å². The van der Waals surface area contributed by atoms with Gasteiger partial charge in [0.15, 0.2) is 11.5 Å². The van der Waals surface area contributed by atoms with Crippen molar-refractivity contribution in [1.29, 1.82) is 0 Å². The van der Waals surface area contributed by atoms with Gasteiger partial charge in [-0.05, 0) is 18.2 Å². The van der Waals surface area contributed by atoms with Crippen LogP contribution in [0.15, 0.2) is 18.2 Å². The number of hydrogen-bond donors (Lipinski definition) is 5. The molecule has 1 fully saturated rings. The molecular formula is C16H21NO9. The van der Waals surface area contributed by atoms with Crippen molar-refractivity contribution >= 4 is 11.9 Å². The molecule has 0 saturated carbocycles. The number of carbonyl (C=O) groups is 2. The van der Waals surface area contributed by atoms with E-state index in [0.29, 0.717) is 0 Å². The lowest BCUT2D eigenvalue weighted by atomic mass is 9.97. The molecule has 0 unspecified atom stereocenters. The van der Waals surface area contributed by atoms with Crippen molar-refractivity contribution in [3.8, 4) is 11.5 Å². The molecule has 144 valence electrons. The molecule has 26 heavy (non-hydrogen) atoms. The number of carbonyl (C=O) groups excluding carboxylic acids is 1. The number of amides is 1. The zero-order valence-electron chi connectivity index (χ0n) is 14.2. The first-order valence-electron chi connectivity index (χ1n) is 7.76. The third kappa shape index (κ3) is 4.22. The third-order valence-corrected chi connectivity index (χ3v) is 3.90. The monoisotopic (exact) mass is 371 g/mol. The zero-order valence-corrected chi connectivity index (χ0v) is 14.2. The summed E-state index contributed by atoms with van der Waals surface area (Å²) in [6.07, 6.45) is -5.30. The first-order chi connectivity index (χ1) is 12.3. The highest BCUT2D eigenvalue weighted by atomic mass is 16.7. The van der Waals surface area contributed by atoms with Gasteiger partial charge in [-0.2, -0.15) is 0 Å². The molecule has 2 rings (SSSR count). The van der Waals surface area contributed by atoms with Crippen LogP contribution in [0.3, 0.4) is 0 Å². The number of ether oxygens (including phenoxy) is 3. The van der Waals surface area contributed by atoms with Crippen molar-refractivity contribution in [2.45, 2.75) is 37.6 Å². The summed E-state index contributed by atoms with van der Waals surface area (Å²) in [5, 5.41) is 41.0. The molecule has 0 aliphatic carbocycles. The summed E-state index contributed by atoms with van der Waals surface area (Å²) in [4.78, 5) is 22.4. The van der Waals surface area contributed by atoms with Crippen LogP contribution in [0.25, 0.3) is 0 Å². The van der Waals surface area contributed by atoms with Gasteiger partial charge in [0.25, 0.3) is 0 Å². The van der Waals surface area contributed by atoms with Gasteiger partial charge in [0.05, 0.1) is 19.3 Å². The van der Waals surface area contributed by atoms with Gasteiger partial charge in [-0.1, -0.05) is 0 Å². The summed E-state index contributed by atoms with van der Waals surface area (Å²) in [6.45, 7) is 0.635. The van der Waals surface area contributed by atoms with Crippen LogP contribution in [0.5, 0.6) is 11.5 Å². The SMILES string of the molecule is COc1cc(C(=O)O)ccc1O[C@@H]1O[C@@H](CO)[C@@H](O)[C@@H](O)[C@@H]1NC(C)=O. The summed E-state index contributed by atoms with van der Waals surface area (Å²) in [5.41, 5.74) is -0.0270. The van der Waals surface area contributed by atoms with Gasteiger partial charge in [-0.25, -0.2) is 4.79 Å². The number of aliphatic hydroxyl groups is 3. The molecule has 1 aromatic carbocycles. The molecule has 1 aliphatic rings. The van der Waals surface area contributed by atoms with Crippen LogP contribution >= 0.6 is 0 Å². The lowest BCUT2D eigenvalue weighted by molar-refractivity contribution is -0.244. The Morgan fingerprint density at radius 3 is 2.46 bits per heavy atom. The van der Waals surface area contributed by atoms with Gasteiger partial charge in [-0.15, -0.1) is 0 Å². The molecule has 1 aromatic rings. The minimum atomic E-state index is -1.46. The van der Waals surface area contributed by atoms with E-state index < -0.39 is 49.1 Å². The Bertz CT molecular complexity index is 665. The smallest absolute Gasteiger partial charge is 0.335 e. The van der Waals surface area contributed by atoms with E-state index in [1.54, 1.807) is 0 Å². The standard InChI is InChI=1S/C16H21NO9/c1-7(19)17-12-14(21)13(20)11(6-18)26-16(12)25-9-4-3-8(15(22)23)5-10(9)24-2/h3-5,11-14,16,18,20-21H,6H2,1-2H3,(H,17,19)(H,22,23)/t11-,12-,13+,14-,16+/m0/s1. The lowest BCUT2D eigenvalue weighted by Gasteiger charge is -2.42. The van der Waals surface area contributed by atoms with Crippen LogP contribution < -0.4 is 14.8 Å². The molecule has 1 amide bonds. The maximum absolute atomic E-state index is 11.4. The highest BCUT2D eigenvalue weighted by Gasteiger charge is 2.46. The van der Waals surface area contributed by atoms with E-state index in [-0.39, 0.29) is 17.1 Å². The number of hydrogen-bond acceptors (Lipinski definition) is 8. The van der Waals surface area contributed by atoms with Crippen LogP contribution in [0.1, 0.15) is 17.3 Å². The molecule has 0 bridgehead atoms. The van der Waals surface area contributed by atoms with Crippen molar-refractivity contribution in [3.05, 3.63) is 23.8 Å². The highest BCUT2D eigenvalue weighted by Crippen LogP contribution is 2.32. The average Bonchev–Trinajstić information content (AvgIpc) is 2.60. The molecule has 5 N–H and O–H groups in total. The van der Waals surface area contributed by atoms with Gasteiger partial charge in [0.1, 0.15) is 24.4 Å². The Morgan fingerprint density at radius 1 is 1.23 bits per heavy atom. The maximum atomic E-state index is 11.4. The second-order valence-electron chi connectivity index (χ2n) is 5.72. The number of aliphatic hydroxyl groups excluding tert-OH is 3. The van der Waals surface area contributed by atoms with Crippen LogP contribution in [-0.2, 0) is 9.53 Å². The normalized spacial score (nSPS) is 28.3. The minimum Gasteiger partial charge on any atom is -0.493 e. The molecule has 0 aromatic heterocycles. The maximum Gasteiger partial charge on any atom is 0.335 e. The predicted molar refractivity (Wildman–Crippen MR) is 85.9 cm³/mol. The fraction of sp³-hybridized carbons (Fsp3) is 0.500. The van der Waals surface area contributed by atoms with Crippen molar-refractivity contribution in [3.63, 3.8) is 0 Å². The topological polar surface area (TPSA) is 155 Å². The number of benzene rings is 1. The Labute approximate surface area is 148 Å². The number of carboxylic acids is 1. The number of methoxy groups -OCH3 is 1. The Kier molecular flexibility index (Phi) is 6.37. The van der Waals surface area contributed by atoms with Gasteiger partial charge in [0.2, 0.25) is 12.2 Å². The van der Waals surface area contributed by atoms with E-state index in [1.807, 2.05) is 0 Å². The van der Waals surface area contributed by atoms with Gasteiger partial charge in [0, 0.05) is 6.92 Å². The molecule has 1 saturated heterocycles. The second kappa shape index (κ2) is 8.32. The molecular weight excluding hydrogens is 350 g/mol. The van der Waals surface area contributed by atoms with Crippen molar-refractivity contribution in [2.24, 2.45) is 0 Å². The molecule has 1 aliphatic heterocycles. The number of aromatic carboxylic acids is 1. The average molecular weight is 371 g/mol. The van der Waals surface area contributed by atoms with Crippen molar-refractivity contribution in [1.82, 2.24) is 5.32 Å². The zero-order chi connectivity index (χ0) is 19.4. The molecule has 10 heteroatoms. The third-order valence-electron chi connectivity index (χ3n) is 3.90. The van der Waals surface area contributed by atoms with Crippen LogP contribution in [0, 0.1) is 0 Å². The molecule has 10 nitrogen and oxygen atoms in total. The largest absolute Gasteiger partial charge is 0.493 e. The van der Waals surface area contributed by atoms with E-state index in [2.05, 4.69) is 5.32 Å². The fourth-order valence-corrected chi connectivity index (χ4v) is 2.59. The Hall–Kier alpha value is -2.40. The van der Waals surface area contributed by atoms with Crippen molar-refractivity contribution in [2.75, 3.05) is 13.7 Å². The highest BCUT2D eigenvalue weighted by molar-refractivity contribution is 5.88. The molecule has 5 atom stereocenters. The van der Waals surface area contributed by atoms with E-state index in [1.165, 1.54) is 32.2 Å². The summed E-state index contributed by atoms with van der Waals surface area (Å²) in [6, 6.07) is 2.73. The quantitative estimate of drug-likeness (QED) is 0.411. The van der Waals surface area contributed by atoms with E-state index in [9.17, 15) is 24.9 Å². The minimum absolute atomic E-state index is 0.0270. The lowest BCUT2D eigenvalue weighted by Crippen LogP contribution is -2.65. The number of carboxylic acid groups (broad SMARTS) is 1. The summed E-state index contributed by atoms with van der Waals surface area (Å²) in [5.74, 6) is -1.46. The number of nitrogens with one attached hydrogen (secondary N) is 1. The van der Waals surface area contributed by atoms with Crippen LogP contribution in [0.2, 0.25) is 0 Å². The first-order valence-corrected chi connectivity index (χ1v) is 7.76. The summed E-state index contributed by atoms with van der Waals surface area (Å²) < 4.78 is 16.2. The molecule has 1 heterocycles. The van der Waals surface area contributed by atoms with E-state index >= 15 is 0 Å². The fourth-order valence-electron chi connectivity index (χ4n) is 2.59.